The minimum Gasteiger partial charge on any atom is -0.337 e. The molecule has 1 aliphatic heterocycles. The van der Waals surface area contributed by atoms with E-state index in [2.05, 4.69) is 34.6 Å². The van der Waals surface area contributed by atoms with Gasteiger partial charge in [0, 0.05) is 42.7 Å². The summed E-state index contributed by atoms with van der Waals surface area (Å²) in [6.45, 7) is 3.31. The normalized spacial score (nSPS) is 13.7. The number of hydrogen-bond acceptors (Lipinski definition) is 3. The van der Waals surface area contributed by atoms with Gasteiger partial charge in [-0.05, 0) is 53.4 Å². The zero-order chi connectivity index (χ0) is 19.5. The molecule has 0 saturated carbocycles. The molecule has 2 heterocycles. The number of carbonyl (C=O) groups is 2. The van der Waals surface area contributed by atoms with Crippen molar-refractivity contribution in [2.45, 2.75) is 12.8 Å². The first-order valence-corrected chi connectivity index (χ1v) is 9.26. The van der Waals surface area contributed by atoms with Gasteiger partial charge >= 0.3 is 0 Å². The molecule has 2 amide bonds. The van der Waals surface area contributed by atoms with Gasteiger partial charge in [-0.3, -0.25) is 14.6 Å². The van der Waals surface area contributed by atoms with Crippen molar-refractivity contribution in [3.8, 4) is 11.1 Å². The molecule has 0 bridgehead atoms. The van der Waals surface area contributed by atoms with Crippen LogP contribution >= 0.6 is 0 Å². The molecule has 0 radical (unpaired) electrons. The van der Waals surface area contributed by atoms with Crippen LogP contribution in [0.3, 0.4) is 0 Å². The molecular formula is C23H21N3O2. The Balaban J connectivity index is 1.41. The van der Waals surface area contributed by atoms with Gasteiger partial charge in [0.1, 0.15) is 0 Å². The molecule has 140 valence electrons. The van der Waals surface area contributed by atoms with E-state index in [1.165, 1.54) is 5.56 Å². The number of pyridine rings is 1. The summed E-state index contributed by atoms with van der Waals surface area (Å²) in [5.41, 5.74) is 5.75. The number of benzene rings is 2. The molecule has 2 aromatic carbocycles. The quantitative estimate of drug-likeness (QED) is 0.693. The van der Waals surface area contributed by atoms with Gasteiger partial charge in [-0.25, -0.2) is 0 Å². The molecule has 5 nitrogen and oxygen atoms in total. The Hall–Kier alpha value is -3.47. The number of aryl methyl sites for hydroxylation is 1. The monoisotopic (exact) mass is 371 g/mol. The van der Waals surface area contributed by atoms with Crippen LogP contribution < -0.4 is 5.32 Å². The van der Waals surface area contributed by atoms with Crippen LogP contribution in [0.5, 0.6) is 0 Å². The highest BCUT2D eigenvalue weighted by atomic mass is 16.2. The van der Waals surface area contributed by atoms with Crippen molar-refractivity contribution in [3.05, 3.63) is 83.7 Å². The predicted molar refractivity (Wildman–Crippen MR) is 109 cm³/mol. The molecule has 1 fully saturated rings. The summed E-state index contributed by atoms with van der Waals surface area (Å²) in [5.74, 6) is 0.354. The maximum atomic E-state index is 12.7. The van der Waals surface area contributed by atoms with Crippen molar-refractivity contribution in [1.29, 1.82) is 0 Å². The smallest absolute Gasteiger partial charge is 0.253 e. The lowest BCUT2D eigenvalue weighted by molar-refractivity contribution is -0.105. The van der Waals surface area contributed by atoms with Gasteiger partial charge in [0.25, 0.3) is 5.91 Å². The second-order valence-electron chi connectivity index (χ2n) is 7.06. The van der Waals surface area contributed by atoms with Gasteiger partial charge in [-0.2, -0.15) is 0 Å². The number of nitrogens with one attached hydrogen (secondary N) is 1. The number of anilines is 1. The fraction of sp³-hybridized carbons (Fsp3) is 0.174. The van der Waals surface area contributed by atoms with E-state index in [-0.39, 0.29) is 5.91 Å². The molecule has 1 saturated heterocycles. The number of likely N-dealkylation sites (tertiary alicyclic amines) is 1. The molecule has 4 rings (SSSR count). The Morgan fingerprint density at radius 1 is 1.04 bits per heavy atom. The lowest BCUT2D eigenvalue weighted by atomic mass is 9.89. The molecule has 0 unspecified atom stereocenters. The zero-order valence-electron chi connectivity index (χ0n) is 15.6. The molecular weight excluding hydrogens is 350 g/mol. The number of carbonyl (C=O) groups excluding carboxylic acids is 2. The number of amides is 2. The lowest BCUT2D eigenvalue weighted by Gasteiger charge is -2.39. The first kappa shape index (κ1) is 17.9. The van der Waals surface area contributed by atoms with Gasteiger partial charge in [-0.1, -0.05) is 30.3 Å². The fourth-order valence-electron chi connectivity index (χ4n) is 3.50. The van der Waals surface area contributed by atoms with Crippen molar-refractivity contribution < 1.29 is 9.59 Å². The summed E-state index contributed by atoms with van der Waals surface area (Å²) >= 11 is 0. The van der Waals surface area contributed by atoms with E-state index in [4.69, 9.17) is 0 Å². The van der Waals surface area contributed by atoms with Crippen LogP contribution in [-0.2, 0) is 4.79 Å². The van der Waals surface area contributed by atoms with Gasteiger partial charge in [0.2, 0.25) is 6.41 Å². The molecule has 1 N–H and O–H groups in total. The highest BCUT2D eigenvalue weighted by Crippen LogP contribution is 2.30. The topological polar surface area (TPSA) is 62.3 Å². The van der Waals surface area contributed by atoms with Crippen LogP contribution in [0.15, 0.2) is 67.0 Å². The van der Waals surface area contributed by atoms with Crippen LogP contribution in [0.4, 0.5) is 5.69 Å². The van der Waals surface area contributed by atoms with Gasteiger partial charge < -0.3 is 10.2 Å². The first-order chi connectivity index (χ1) is 13.7. The van der Waals surface area contributed by atoms with E-state index in [1.54, 1.807) is 18.5 Å². The van der Waals surface area contributed by atoms with E-state index in [1.807, 2.05) is 36.1 Å². The number of rotatable bonds is 5. The van der Waals surface area contributed by atoms with Crippen LogP contribution in [-0.4, -0.2) is 35.3 Å². The van der Waals surface area contributed by atoms with Crippen molar-refractivity contribution in [2.24, 2.45) is 0 Å². The molecule has 0 atom stereocenters. The summed E-state index contributed by atoms with van der Waals surface area (Å²) in [5, 5.41) is 2.64. The average molecular weight is 371 g/mol. The van der Waals surface area contributed by atoms with E-state index >= 15 is 0 Å². The standard InChI is InChI=1S/C23H21N3O2/c1-16-2-3-20(12-22(16)25-15-27)23(28)26-13-21(14-26)18-6-4-17(5-7-18)19-8-10-24-11-9-19/h2-12,15,21H,13-14H2,1H3,(H,25,27). The van der Waals surface area contributed by atoms with E-state index in [9.17, 15) is 9.59 Å². The second-order valence-corrected chi connectivity index (χ2v) is 7.06. The van der Waals surface area contributed by atoms with Gasteiger partial charge in [0.05, 0.1) is 0 Å². The summed E-state index contributed by atoms with van der Waals surface area (Å²) in [6.07, 6.45) is 4.21. The number of aromatic nitrogens is 1. The number of hydrogen-bond donors (Lipinski definition) is 1. The van der Waals surface area contributed by atoms with Crippen LogP contribution in [0.2, 0.25) is 0 Å². The third-order valence-electron chi connectivity index (χ3n) is 5.26. The van der Waals surface area contributed by atoms with Crippen molar-refractivity contribution in [2.75, 3.05) is 18.4 Å². The van der Waals surface area contributed by atoms with Gasteiger partial charge in [0.15, 0.2) is 0 Å². The first-order valence-electron chi connectivity index (χ1n) is 9.26. The summed E-state index contributed by atoms with van der Waals surface area (Å²) in [6, 6.07) is 17.9. The maximum Gasteiger partial charge on any atom is 0.253 e. The largest absolute Gasteiger partial charge is 0.337 e. The highest BCUT2D eigenvalue weighted by molar-refractivity contribution is 5.96. The minimum atomic E-state index is -0.00129. The molecule has 1 aromatic heterocycles. The SMILES string of the molecule is Cc1ccc(C(=O)N2CC(c3ccc(-c4ccncc4)cc3)C2)cc1NC=O. The summed E-state index contributed by atoms with van der Waals surface area (Å²) in [4.78, 5) is 29.3. The molecule has 28 heavy (non-hydrogen) atoms. The molecule has 0 aliphatic carbocycles. The zero-order valence-corrected chi connectivity index (χ0v) is 15.6. The summed E-state index contributed by atoms with van der Waals surface area (Å²) < 4.78 is 0. The number of nitrogens with zero attached hydrogens (tertiary/aromatic N) is 2. The predicted octanol–water partition coefficient (Wildman–Crippen LogP) is 3.86. The molecule has 5 heteroatoms. The third-order valence-corrected chi connectivity index (χ3v) is 5.26. The van der Waals surface area contributed by atoms with E-state index in [0.29, 0.717) is 36.7 Å². The van der Waals surface area contributed by atoms with Crippen molar-refractivity contribution in [1.82, 2.24) is 9.88 Å². The highest BCUT2D eigenvalue weighted by Gasteiger charge is 2.32. The van der Waals surface area contributed by atoms with E-state index in [0.717, 1.165) is 16.7 Å². The van der Waals surface area contributed by atoms with Crippen LogP contribution in [0, 0.1) is 6.92 Å². The van der Waals surface area contributed by atoms with E-state index < -0.39 is 0 Å². The second kappa shape index (κ2) is 7.64. The Labute approximate surface area is 164 Å². The van der Waals surface area contributed by atoms with Crippen molar-refractivity contribution in [3.63, 3.8) is 0 Å². The minimum absolute atomic E-state index is 0.00129. The Morgan fingerprint density at radius 3 is 2.39 bits per heavy atom. The molecule has 3 aromatic rings. The molecule has 1 aliphatic rings. The Bertz CT molecular complexity index is 994. The summed E-state index contributed by atoms with van der Waals surface area (Å²) in [7, 11) is 0. The van der Waals surface area contributed by atoms with Crippen LogP contribution in [0.1, 0.15) is 27.4 Å². The van der Waals surface area contributed by atoms with Crippen molar-refractivity contribution >= 4 is 18.0 Å². The average Bonchev–Trinajstić information content (AvgIpc) is 2.70. The Morgan fingerprint density at radius 2 is 1.71 bits per heavy atom. The van der Waals surface area contributed by atoms with Crippen LogP contribution in [0.25, 0.3) is 11.1 Å². The van der Waals surface area contributed by atoms with Gasteiger partial charge in [-0.15, -0.1) is 0 Å². The fourth-order valence-corrected chi connectivity index (χ4v) is 3.50. The lowest BCUT2D eigenvalue weighted by Crippen LogP contribution is -2.48. The maximum absolute atomic E-state index is 12.7. The third kappa shape index (κ3) is 3.51. The molecule has 0 spiro atoms. The Kier molecular flexibility index (Phi) is 4.89.